The van der Waals surface area contributed by atoms with Crippen LogP contribution in [0.1, 0.15) is 26.3 Å². The SMILES string of the molecule is CCN(CC(C)C)c1cccc(Cl)c1/C=C/C(=O)O. The Balaban J connectivity index is 3.18. The largest absolute Gasteiger partial charge is 0.478 e. The average molecular weight is 282 g/mol. The Hall–Kier alpha value is -1.48. The van der Waals surface area contributed by atoms with Crippen molar-refractivity contribution >= 4 is 29.3 Å². The lowest BCUT2D eigenvalue weighted by Gasteiger charge is -2.27. The molecule has 1 aromatic rings. The highest BCUT2D eigenvalue weighted by molar-refractivity contribution is 6.32. The summed E-state index contributed by atoms with van der Waals surface area (Å²) in [6, 6.07) is 5.63. The van der Waals surface area contributed by atoms with E-state index in [9.17, 15) is 4.79 Å². The van der Waals surface area contributed by atoms with E-state index in [1.807, 2.05) is 12.1 Å². The molecule has 0 aliphatic heterocycles. The molecular formula is C15H20ClNO2. The highest BCUT2D eigenvalue weighted by atomic mass is 35.5. The van der Waals surface area contributed by atoms with Gasteiger partial charge >= 0.3 is 5.97 Å². The number of benzene rings is 1. The molecule has 0 unspecified atom stereocenters. The van der Waals surface area contributed by atoms with Crippen LogP contribution in [0.3, 0.4) is 0 Å². The van der Waals surface area contributed by atoms with Crippen LogP contribution in [0.2, 0.25) is 5.02 Å². The number of nitrogens with zero attached hydrogens (tertiary/aromatic N) is 1. The van der Waals surface area contributed by atoms with Gasteiger partial charge in [-0.2, -0.15) is 0 Å². The van der Waals surface area contributed by atoms with Crippen LogP contribution in [0.25, 0.3) is 6.08 Å². The van der Waals surface area contributed by atoms with Crippen molar-refractivity contribution in [1.29, 1.82) is 0 Å². The molecule has 0 atom stereocenters. The average Bonchev–Trinajstić information content (AvgIpc) is 2.33. The first-order valence-corrected chi connectivity index (χ1v) is 6.78. The van der Waals surface area contributed by atoms with Gasteiger partial charge in [0.05, 0.1) is 0 Å². The van der Waals surface area contributed by atoms with Gasteiger partial charge in [-0.1, -0.05) is 31.5 Å². The number of aliphatic carboxylic acids is 1. The number of hydrogen-bond acceptors (Lipinski definition) is 2. The van der Waals surface area contributed by atoms with Gasteiger partial charge in [0.1, 0.15) is 0 Å². The topological polar surface area (TPSA) is 40.5 Å². The zero-order chi connectivity index (χ0) is 14.4. The van der Waals surface area contributed by atoms with Gasteiger partial charge in [0.15, 0.2) is 0 Å². The Morgan fingerprint density at radius 3 is 2.68 bits per heavy atom. The molecule has 19 heavy (non-hydrogen) atoms. The van der Waals surface area contributed by atoms with Crippen molar-refractivity contribution in [3.8, 4) is 0 Å². The molecule has 0 heterocycles. The molecule has 4 heteroatoms. The van der Waals surface area contributed by atoms with Crippen molar-refractivity contribution < 1.29 is 9.90 Å². The third-order valence-corrected chi connectivity index (χ3v) is 3.06. The third kappa shape index (κ3) is 4.60. The summed E-state index contributed by atoms with van der Waals surface area (Å²) in [4.78, 5) is 12.9. The number of hydrogen-bond donors (Lipinski definition) is 1. The molecule has 3 nitrogen and oxygen atoms in total. The van der Waals surface area contributed by atoms with E-state index in [0.717, 1.165) is 30.4 Å². The van der Waals surface area contributed by atoms with Crippen LogP contribution < -0.4 is 4.90 Å². The molecule has 0 saturated heterocycles. The fourth-order valence-corrected chi connectivity index (χ4v) is 2.19. The van der Waals surface area contributed by atoms with E-state index in [4.69, 9.17) is 16.7 Å². The quantitative estimate of drug-likeness (QED) is 0.804. The van der Waals surface area contributed by atoms with Crippen LogP contribution in [0.5, 0.6) is 0 Å². The minimum atomic E-state index is -0.974. The molecule has 0 aromatic heterocycles. The van der Waals surface area contributed by atoms with Crippen LogP contribution in [-0.4, -0.2) is 24.2 Å². The number of carboxylic acid groups (broad SMARTS) is 1. The van der Waals surface area contributed by atoms with Gasteiger partial charge in [-0.05, 0) is 31.1 Å². The summed E-state index contributed by atoms with van der Waals surface area (Å²) < 4.78 is 0. The lowest BCUT2D eigenvalue weighted by Crippen LogP contribution is -2.27. The van der Waals surface area contributed by atoms with E-state index in [0.29, 0.717) is 10.9 Å². The molecule has 1 aromatic carbocycles. The first-order valence-electron chi connectivity index (χ1n) is 6.40. The van der Waals surface area contributed by atoms with Crippen molar-refractivity contribution in [3.05, 3.63) is 34.9 Å². The van der Waals surface area contributed by atoms with Gasteiger partial charge in [0, 0.05) is 35.4 Å². The third-order valence-electron chi connectivity index (χ3n) is 2.73. The number of anilines is 1. The Morgan fingerprint density at radius 1 is 1.47 bits per heavy atom. The van der Waals surface area contributed by atoms with Gasteiger partial charge in [0.2, 0.25) is 0 Å². The molecule has 0 spiro atoms. The molecular weight excluding hydrogens is 262 g/mol. The van der Waals surface area contributed by atoms with Crippen LogP contribution in [0.4, 0.5) is 5.69 Å². The van der Waals surface area contributed by atoms with Crippen molar-refractivity contribution in [2.75, 3.05) is 18.0 Å². The number of carboxylic acids is 1. The Bertz CT molecular complexity index is 469. The maximum absolute atomic E-state index is 10.7. The molecule has 0 aliphatic rings. The highest BCUT2D eigenvalue weighted by Crippen LogP contribution is 2.29. The Kier molecular flexibility index (Phi) is 5.90. The zero-order valence-electron chi connectivity index (χ0n) is 11.6. The minimum Gasteiger partial charge on any atom is -0.478 e. The van der Waals surface area contributed by atoms with E-state index >= 15 is 0 Å². The lowest BCUT2D eigenvalue weighted by atomic mass is 10.1. The Labute approximate surface area is 119 Å². The molecule has 0 aliphatic carbocycles. The minimum absolute atomic E-state index is 0.523. The fourth-order valence-electron chi connectivity index (χ4n) is 1.96. The standard InChI is InChI=1S/C15H20ClNO2/c1-4-17(10-11(2)3)14-7-5-6-13(16)12(14)8-9-15(18)19/h5-9,11H,4,10H2,1-3H3,(H,18,19)/b9-8+. The molecule has 0 amide bonds. The van der Waals surface area contributed by atoms with Gasteiger partial charge in [-0.3, -0.25) is 0 Å². The lowest BCUT2D eigenvalue weighted by molar-refractivity contribution is -0.131. The summed E-state index contributed by atoms with van der Waals surface area (Å²) >= 11 is 6.18. The number of carbonyl (C=O) groups is 1. The maximum atomic E-state index is 10.7. The van der Waals surface area contributed by atoms with Crippen molar-refractivity contribution in [1.82, 2.24) is 0 Å². The van der Waals surface area contributed by atoms with E-state index in [-0.39, 0.29) is 0 Å². The summed E-state index contributed by atoms with van der Waals surface area (Å²) in [5.41, 5.74) is 1.73. The summed E-state index contributed by atoms with van der Waals surface area (Å²) in [6.07, 6.45) is 2.68. The summed E-state index contributed by atoms with van der Waals surface area (Å²) in [6.45, 7) is 8.14. The van der Waals surface area contributed by atoms with E-state index in [1.54, 1.807) is 12.1 Å². The molecule has 0 fully saturated rings. The van der Waals surface area contributed by atoms with Gasteiger partial charge in [-0.15, -0.1) is 0 Å². The van der Waals surface area contributed by atoms with Crippen molar-refractivity contribution in [2.24, 2.45) is 5.92 Å². The van der Waals surface area contributed by atoms with Crippen LogP contribution >= 0.6 is 11.6 Å². The smallest absolute Gasteiger partial charge is 0.328 e. The first-order chi connectivity index (χ1) is 8.95. The monoisotopic (exact) mass is 281 g/mol. The molecule has 0 saturated carbocycles. The molecule has 1 N–H and O–H groups in total. The van der Waals surface area contributed by atoms with Crippen molar-refractivity contribution in [2.45, 2.75) is 20.8 Å². The zero-order valence-corrected chi connectivity index (χ0v) is 12.3. The molecule has 1 rings (SSSR count). The second-order valence-corrected chi connectivity index (χ2v) is 5.18. The first kappa shape index (κ1) is 15.6. The van der Waals surface area contributed by atoms with Gasteiger partial charge < -0.3 is 10.0 Å². The number of rotatable bonds is 6. The van der Waals surface area contributed by atoms with E-state index in [1.165, 1.54) is 0 Å². The maximum Gasteiger partial charge on any atom is 0.328 e. The van der Waals surface area contributed by atoms with E-state index in [2.05, 4.69) is 25.7 Å². The van der Waals surface area contributed by atoms with Crippen LogP contribution in [-0.2, 0) is 4.79 Å². The predicted molar refractivity (Wildman–Crippen MR) is 80.8 cm³/mol. The van der Waals surface area contributed by atoms with Crippen LogP contribution in [0.15, 0.2) is 24.3 Å². The van der Waals surface area contributed by atoms with Crippen molar-refractivity contribution in [3.63, 3.8) is 0 Å². The highest BCUT2D eigenvalue weighted by Gasteiger charge is 2.12. The summed E-state index contributed by atoms with van der Waals surface area (Å²) in [5, 5.41) is 9.32. The van der Waals surface area contributed by atoms with Crippen LogP contribution in [0, 0.1) is 5.92 Å². The molecule has 0 bridgehead atoms. The van der Waals surface area contributed by atoms with Gasteiger partial charge in [-0.25, -0.2) is 4.79 Å². The second-order valence-electron chi connectivity index (χ2n) is 4.78. The predicted octanol–water partition coefficient (Wildman–Crippen LogP) is 3.92. The Morgan fingerprint density at radius 2 is 2.16 bits per heavy atom. The van der Waals surface area contributed by atoms with E-state index < -0.39 is 5.97 Å². The fraction of sp³-hybridized carbons (Fsp3) is 0.400. The summed E-state index contributed by atoms with van der Waals surface area (Å²) in [7, 11) is 0. The normalized spacial score (nSPS) is 11.2. The number of halogens is 1. The van der Waals surface area contributed by atoms with Gasteiger partial charge in [0.25, 0.3) is 0 Å². The molecule has 104 valence electrons. The molecule has 0 radical (unpaired) electrons. The summed E-state index contributed by atoms with van der Waals surface area (Å²) in [5.74, 6) is -0.451. The second kappa shape index (κ2) is 7.19.